The SMILES string of the molecule is COC1CC(C(=O)O)N(c2ccccc2C(F)(F)F)C1. The molecular formula is C13H14F3NO3. The van der Waals surface area contributed by atoms with Crippen molar-refractivity contribution in [3.05, 3.63) is 29.8 Å². The minimum Gasteiger partial charge on any atom is -0.480 e. The van der Waals surface area contributed by atoms with Gasteiger partial charge in [-0.15, -0.1) is 0 Å². The van der Waals surface area contributed by atoms with Crippen molar-refractivity contribution >= 4 is 11.7 Å². The van der Waals surface area contributed by atoms with Crippen molar-refractivity contribution in [2.45, 2.75) is 24.7 Å². The molecule has 0 spiro atoms. The second kappa shape index (κ2) is 5.32. The zero-order valence-corrected chi connectivity index (χ0v) is 10.7. The highest BCUT2D eigenvalue weighted by molar-refractivity contribution is 5.80. The molecule has 0 aliphatic carbocycles. The molecule has 2 unspecified atom stereocenters. The summed E-state index contributed by atoms with van der Waals surface area (Å²) in [6.45, 7) is 0.126. The molecule has 1 fully saturated rings. The summed E-state index contributed by atoms with van der Waals surface area (Å²) >= 11 is 0. The van der Waals surface area contributed by atoms with E-state index in [1.807, 2.05) is 0 Å². The third-order valence-corrected chi connectivity index (χ3v) is 3.40. The molecule has 20 heavy (non-hydrogen) atoms. The van der Waals surface area contributed by atoms with Gasteiger partial charge in [-0.3, -0.25) is 0 Å². The van der Waals surface area contributed by atoms with E-state index >= 15 is 0 Å². The normalized spacial score (nSPS) is 23.1. The van der Waals surface area contributed by atoms with Crippen LogP contribution in [0.1, 0.15) is 12.0 Å². The maximum Gasteiger partial charge on any atom is 0.418 e. The number of methoxy groups -OCH3 is 1. The highest BCUT2D eigenvalue weighted by atomic mass is 19.4. The van der Waals surface area contributed by atoms with Gasteiger partial charge in [-0.25, -0.2) is 4.79 Å². The summed E-state index contributed by atoms with van der Waals surface area (Å²) in [6, 6.07) is 3.98. The summed E-state index contributed by atoms with van der Waals surface area (Å²) in [5, 5.41) is 9.17. The Kier molecular flexibility index (Phi) is 3.89. The van der Waals surface area contributed by atoms with Crippen LogP contribution in [-0.4, -0.2) is 36.9 Å². The van der Waals surface area contributed by atoms with Crippen molar-refractivity contribution in [1.29, 1.82) is 0 Å². The van der Waals surface area contributed by atoms with Gasteiger partial charge in [0, 0.05) is 25.8 Å². The Morgan fingerprint density at radius 2 is 2.05 bits per heavy atom. The molecule has 0 bridgehead atoms. The number of alkyl halides is 3. The predicted molar refractivity (Wildman–Crippen MR) is 65.6 cm³/mol. The lowest BCUT2D eigenvalue weighted by Gasteiger charge is -2.26. The predicted octanol–water partition coefficient (Wildman–Crippen LogP) is 2.38. The standard InChI is InChI=1S/C13H14F3NO3/c1-20-8-6-11(12(18)19)17(7-8)10-5-3-2-4-9(10)13(14,15)16/h2-5,8,11H,6-7H2,1H3,(H,18,19). The van der Waals surface area contributed by atoms with E-state index in [0.717, 1.165) is 6.07 Å². The number of hydrogen-bond donors (Lipinski definition) is 1. The van der Waals surface area contributed by atoms with Crippen LogP contribution >= 0.6 is 0 Å². The summed E-state index contributed by atoms with van der Waals surface area (Å²) < 4.78 is 44.1. The summed E-state index contributed by atoms with van der Waals surface area (Å²) in [5.41, 5.74) is -0.949. The molecule has 4 nitrogen and oxygen atoms in total. The number of para-hydroxylation sites is 1. The van der Waals surface area contributed by atoms with Crippen molar-refractivity contribution < 1.29 is 27.8 Å². The number of rotatable bonds is 3. The summed E-state index contributed by atoms with van der Waals surface area (Å²) in [4.78, 5) is 12.5. The van der Waals surface area contributed by atoms with Crippen LogP contribution in [0.25, 0.3) is 0 Å². The molecule has 1 saturated heterocycles. The van der Waals surface area contributed by atoms with Crippen LogP contribution in [0.2, 0.25) is 0 Å². The lowest BCUT2D eigenvalue weighted by atomic mass is 10.1. The maximum atomic E-state index is 13.0. The van der Waals surface area contributed by atoms with E-state index in [1.54, 1.807) is 0 Å². The first kappa shape index (κ1) is 14.6. The number of nitrogens with zero attached hydrogens (tertiary/aromatic N) is 1. The fourth-order valence-corrected chi connectivity index (χ4v) is 2.43. The number of benzene rings is 1. The number of carboxylic acid groups (broad SMARTS) is 1. The quantitative estimate of drug-likeness (QED) is 0.928. The minimum absolute atomic E-state index is 0.119. The van der Waals surface area contributed by atoms with Gasteiger partial charge in [-0.05, 0) is 12.1 Å². The first-order valence-electron chi connectivity index (χ1n) is 6.03. The van der Waals surface area contributed by atoms with Crippen LogP contribution in [0.4, 0.5) is 18.9 Å². The molecule has 1 N–H and O–H groups in total. The Bertz CT molecular complexity index is 504. The topological polar surface area (TPSA) is 49.8 Å². The van der Waals surface area contributed by atoms with E-state index < -0.39 is 29.9 Å². The molecule has 1 aliphatic heterocycles. The van der Waals surface area contributed by atoms with Crippen molar-refractivity contribution in [3.63, 3.8) is 0 Å². The third-order valence-electron chi connectivity index (χ3n) is 3.40. The second-order valence-corrected chi connectivity index (χ2v) is 4.61. The average molecular weight is 289 g/mol. The first-order chi connectivity index (χ1) is 9.34. The van der Waals surface area contributed by atoms with E-state index in [4.69, 9.17) is 4.74 Å². The highest BCUT2D eigenvalue weighted by Crippen LogP contribution is 2.39. The van der Waals surface area contributed by atoms with Crippen LogP contribution in [0.5, 0.6) is 0 Å². The molecule has 0 aromatic heterocycles. The fourth-order valence-electron chi connectivity index (χ4n) is 2.43. The molecule has 1 aliphatic rings. The molecule has 7 heteroatoms. The third kappa shape index (κ3) is 2.72. The second-order valence-electron chi connectivity index (χ2n) is 4.61. The summed E-state index contributed by atoms with van der Waals surface area (Å²) in [6.07, 6.45) is -4.75. The number of carboxylic acids is 1. The molecule has 0 saturated carbocycles. The zero-order chi connectivity index (χ0) is 14.9. The molecule has 1 aromatic carbocycles. The van der Waals surface area contributed by atoms with Gasteiger partial charge in [0.05, 0.1) is 11.7 Å². The minimum atomic E-state index is -4.52. The highest BCUT2D eigenvalue weighted by Gasteiger charge is 2.41. The molecular weight excluding hydrogens is 275 g/mol. The molecule has 2 atom stereocenters. The van der Waals surface area contributed by atoms with Gasteiger partial charge < -0.3 is 14.7 Å². The van der Waals surface area contributed by atoms with E-state index in [0.29, 0.717) is 0 Å². The van der Waals surface area contributed by atoms with Crippen LogP contribution in [0, 0.1) is 0 Å². The number of aliphatic carboxylic acids is 1. The van der Waals surface area contributed by atoms with Crippen molar-refractivity contribution in [1.82, 2.24) is 0 Å². The van der Waals surface area contributed by atoms with Gasteiger partial charge in [0.15, 0.2) is 0 Å². The number of carbonyl (C=O) groups is 1. The Morgan fingerprint density at radius 1 is 1.40 bits per heavy atom. The maximum absolute atomic E-state index is 13.0. The Balaban J connectivity index is 2.42. The van der Waals surface area contributed by atoms with Gasteiger partial charge in [0.25, 0.3) is 0 Å². The smallest absolute Gasteiger partial charge is 0.418 e. The molecule has 2 rings (SSSR count). The number of ether oxygens (including phenoxy) is 1. The van der Waals surface area contributed by atoms with Crippen LogP contribution in [-0.2, 0) is 15.7 Å². The van der Waals surface area contributed by atoms with E-state index in [9.17, 15) is 23.1 Å². The van der Waals surface area contributed by atoms with Gasteiger partial charge in [-0.2, -0.15) is 13.2 Å². The summed E-state index contributed by atoms with van der Waals surface area (Å²) in [5.74, 6) is -1.15. The zero-order valence-electron chi connectivity index (χ0n) is 10.7. The van der Waals surface area contributed by atoms with E-state index in [1.165, 1.54) is 30.2 Å². The molecule has 110 valence electrons. The van der Waals surface area contributed by atoms with Gasteiger partial charge in [-0.1, -0.05) is 12.1 Å². The van der Waals surface area contributed by atoms with Crippen molar-refractivity contribution in [2.75, 3.05) is 18.6 Å². The first-order valence-corrected chi connectivity index (χ1v) is 6.03. The van der Waals surface area contributed by atoms with Crippen LogP contribution < -0.4 is 4.90 Å². The van der Waals surface area contributed by atoms with Crippen molar-refractivity contribution in [3.8, 4) is 0 Å². The number of halogens is 3. The fraction of sp³-hybridized carbons (Fsp3) is 0.462. The lowest BCUT2D eigenvalue weighted by Crippen LogP contribution is -2.37. The van der Waals surface area contributed by atoms with Gasteiger partial charge in [0.2, 0.25) is 0 Å². The van der Waals surface area contributed by atoms with Crippen LogP contribution in [0.15, 0.2) is 24.3 Å². The Hall–Kier alpha value is -1.76. The van der Waals surface area contributed by atoms with E-state index in [-0.39, 0.29) is 18.7 Å². The monoisotopic (exact) mass is 289 g/mol. The number of hydrogen-bond acceptors (Lipinski definition) is 3. The largest absolute Gasteiger partial charge is 0.480 e. The molecule has 0 amide bonds. The van der Waals surface area contributed by atoms with Crippen LogP contribution in [0.3, 0.4) is 0 Å². The summed E-state index contributed by atoms with van der Waals surface area (Å²) in [7, 11) is 1.42. The number of anilines is 1. The van der Waals surface area contributed by atoms with Gasteiger partial charge >= 0.3 is 12.1 Å². The molecule has 0 radical (unpaired) electrons. The van der Waals surface area contributed by atoms with Crippen molar-refractivity contribution in [2.24, 2.45) is 0 Å². The van der Waals surface area contributed by atoms with Gasteiger partial charge in [0.1, 0.15) is 6.04 Å². The Morgan fingerprint density at radius 3 is 2.60 bits per heavy atom. The Labute approximate surface area is 113 Å². The van der Waals surface area contributed by atoms with E-state index in [2.05, 4.69) is 0 Å². The average Bonchev–Trinajstić information content (AvgIpc) is 2.82. The lowest BCUT2D eigenvalue weighted by molar-refractivity contribution is -0.140. The molecule has 1 heterocycles. The molecule has 1 aromatic rings.